The van der Waals surface area contributed by atoms with Gasteiger partial charge in [-0.1, -0.05) is 179 Å². The van der Waals surface area contributed by atoms with Crippen molar-refractivity contribution in [1.82, 2.24) is 0 Å². The molecule has 314 valence electrons. The second-order valence-corrected chi connectivity index (χ2v) is 17.0. The van der Waals surface area contributed by atoms with Crippen LogP contribution in [0.5, 0.6) is 0 Å². The smallest absolute Gasteiger partial charge is 0.458 e. The SMILES string of the molecule is CCCCCCCCCCCCC/C=C\C=C/C(=O)OCC(COP(=O)(O)OCC[N+](C)(C)C)OC(=O)/C=C\C=C/CCCCCCCCCCCCC. The van der Waals surface area contributed by atoms with Gasteiger partial charge >= 0.3 is 19.8 Å². The molecule has 0 radical (unpaired) electrons. The molecule has 0 fully saturated rings. The van der Waals surface area contributed by atoms with E-state index >= 15 is 0 Å². The third-order valence-electron chi connectivity index (χ3n) is 9.04. The van der Waals surface area contributed by atoms with Crippen LogP contribution in [0, 0.1) is 0 Å². The Bertz CT molecular complexity index is 1070. The van der Waals surface area contributed by atoms with Crippen molar-refractivity contribution in [3.8, 4) is 0 Å². The van der Waals surface area contributed by atoms with Gasteiger partial charge in [-0.25, -0.2) is 14.2 Å². The monoisotopic (exact) mass is 783 g/mol. The zero-order valence-electron chi connectivity index (χ0n) is 35.2. The van der Waals surface area contributed by atoms with Gasteiger partial charge in [0.2, 0.25) is 0 Å². The van der Waals surface area contributed by atoms with Gasteiger partial charge in [0.25, 0.3) is 0 Å². The van der Waals surface area contributed by atoms with Crippen molar-refractivity contribution in [1.29, 1.82) is 0 Å². The van der Waals surface area contributed by atoms with E-state index in [1.165, 1.54) is 141 Å². The summed E-state index contributed by atoms with van der Waals surface area (Å²) in [4.78, 5) is 35.0. The number of ether oxygens (including phenoxy) is 2. The number of phosphoric acid groups is 1. The highest BCUT2D eigenvalue weighted by atomic mass is 31.2. The average molecular weight is 783 g/mol. The van der Waals surface area contributed by atoms with Crippen molar-refractivity contribution in [3.05, 3.63) is 48.6 Å². The van der Waals surface area contributed by atoms with E-state index in [0.29, 0.717) is 11.0 Å². The fraction of sp³-hybridized carbons (Fsp3) is 0.773. The Morgan fingerprint density at radius 1 is 0.574 bits per heavy atom. The number of carbonyl (C=O) groups excluding carboxylic acids is 2. The molecule has 2 atom stereocenters. The second-order valence-electron chi connectivity index (χ2n) is 15.5. The van der Waals surface area contributed by atoms with E-state index < -0.39 is 32.5 Å². The summed E-state index contributed by atoms with van der Waals surface area (Å²) in [5, 5.41) is 0. The van der Waals surface area contributed by atoms with Gasteiger partial charge in [0, 0.05) is 12.2 Å². The third kappa shape index (κ3) is 39.7. The molecule has 0 aliphatic carbocycles. The molecule has 1 N–H and O–H groups in total. The predicted octanol–water partition coefficient (Wildman–Crippen LogP) is 11.9. The minimum atomic E-state index is -4.42. The van der Waals surface area contributed by atoms with Crippen molar-refractivity contribution in [2.75, 3.05) is 47.5 Å². The van der Waals surface area contributed by atoms with Crippen molar-refractivity contribution in [2.45, 2.75) is 174 Å². The molecule has 0 aliphatic heterocycles. The van der Waals surface area contributed by atoms with Gasteiger partial charge in [0.05, 0.1) is 27.7 Å². The quantitative estimate of drug-likeness (QED) is 0.0165. The summed E-state index contributed by atoms with van der Waals surface area (Å²) in [5.41, 5.74) is 0. The fourth-order valence-electron chi connectivity index (χ4n) is 5.66. The molecule has 0 rings (SSSR count). The second kappa shape index (κ2) is 36.6. The number of rotatable bonds is 38. The molecule has 9 nitrogen and oxygen atoms in total. The number of esters is 2. The van der Waals surface area contributed by atoms with Crippen molar-refractivity contribution < 1.29 is 42.1 Å². The van der Waals surface area contributed by atoms with Gasteiger partial charge in [0.15, 0.2) is 6.10 Å². The molecule has 0 saturated heterocycles. The summed E-state index contributed by atoms with van der Waals surface area (Å²) in [7, 11) is 1.38. The number of quaternary nitrogens is 1. The number of hydrogen-bond donors (Lipinski definition) is 1. The molecule has 0 amide bonds. The van der Waals surface area contributed by atoms with E-state index in [1.807, 2.05) is 45.4 Å². The lowest BCUT2D eigenvalue weighted by Gasteiger charge is -2.24. The van der Waals surface area contributed by atoms with Gasteiger partial charge in [-0.2, -0.15) is 0 Å². The Morgan fingerprint density at radius 2 is 0.981 bits per heavy atom. The molecule has 0 aromatic rings. The summed E-state index contributed by atoms with van der Waals surface area (Å²) in [6.07, 6.45) is 42.9. The standard InChI is InChI=1S/C44H80NO8P/c1-6-8-10-12-14-16-18-20-22-24-26-28-30-32-34-36-43(46)50-40-42(41-52-54(48,49)51-39-38-45(3,4)5)53-44(47)37-35-33-31-29-27-25-23-21-19-17-15-13-11-9-7-2/h30-37,42H,6-29,38-41H2,1-5H3/p+1/b32-30-,33-31-,36-34-,37-35-. The van der Waals surface area contributed by atoms with E-state index in [9.17, 15) is 19.0 Å². The summed E-state index contributed by atoms with van der Waals surface area (Å²) < 4.78 is 33.8. The first-order chi connectivity index (χ1) is 26.0. The highest BCUT2D eigenvalue weighted by molar-refractivity contribution is 7.47. The van der Waals surface area contributed by atoms with E-state index in [0.717, 1.165) is 25.7 Å². The highest BCUT2D eigenvalue weighted by Crippen LogP contribution is 2.43. The molecule has 0 bridgehead atoms. The number of unbranched alkanes of at least 4 members (excludes halogenated alkanes) is 22. The summed E-state index contributed by atoms with van der Waals surface area (Å²) >= 11 is 0. The number of carbonyl (C=O) groups is 2. The molecule has 0 aromatic carbocycles. The molecule has 10 heteroatoms. The van der Waals surface area contributed by atoms with E-state index in [4.69, 9.17) is 18.5 Å². The fourth-order valence-corrected chi connectivity index (χ4v) is 6.40. The predicted molar refractivity (Wildman–Crippen MR) is 224 cm³/mol. The lowest BCUT2D eigenvalue weighted by Crippen LogP contribution is -2.37. The molecule has 0 aliphatic rings. The zero-order chi connectivity index (χ0) is 40.0. The zero-order valence-corrected chi connectivity index (χ0v) is 36.1. The molecular formula is C44H81NO8P+. The van der Waals surface area contributed by atoms with Crippen molar-refractivity contribution in [2.24, 2.45) is 0 Å². The number of likely N-dealkylation sites (N-methyl/N-ethyl adjacent to an activating group) is 1. The van der Waals surface area contributed by atoms with Gasteiger partial charge in [-0.05, 0) is 25.7 Å². The normalized spacial score (nSPS) is 14.1. The molecule has 54 heavy (non-hydrogen) atoms. The van der Waals surface area contributed by atoms with Crippen LogP contribution in [0.2, 0.25) is 0 Å². The summed E-state index contributed by atoms with van der Waals surface area (Å²) in [6, 6.07) is 0. The van der Waals surface area contributed by atoms with Gasteiger partial charge in [-0.3, -0.25) is 9.05 Å². The summed E-state index contributed by atoms with van der Waals surface area (Å²) in [5.74, 6) is -1.30. The first kappa shape index (κ1) is 52.0. The maximum Gasteiger partial charge on any atom is 0.472 e. The largest absolute Gasteiger partial charge is 0.472 e. The first-order valence-corrected chi connectivity index (χ1v) is 22.9. The Balaban J connectivity index is 4.59. The van der Waals surface area contributed by atoms with Crippen LogP contribution in [0.3, 0.4) is 0 Å². The van der Waals surface area contributed by atoms with Crippen molar-refractivity contribution >= 4 is 19.8 Å². The number of allylic oxidation sites excluding steroid dienone is 6. The van der Waals surface area contributed by atoms with E-state index in [1.54, 1.807) is 12.2 Å². The minimum Gasteiger partial charge on any atom is -0.458 e. The molecular weight excluding hydrogens is 701 g/mol. The van der Waals surface area contributed by atoms with E-state index in [2.05, 4.69) is 13.8 Å². The lowest BCUT2D eigenvalue weighted by atomic mass is 10.1. The summed E-state index contributed by atoms with van der Waals surface area (Å²) in [6.45, 7) is 4.16. The molecule has 0 spiro atoms. The Labute approximate surface area is 331 Å². The average Bonchev–Trinajstić information content (AvgIpc) is 3.12. The third-order valence-corrected chi connectivity index (χ3v) is 10.0. The minimum absolute atomic E-state index is 0.00253. The maximum absolute atomic E-state index is 12.5. The van der Waals surface area contributed by atoms with Crippen LogP contribution < -0.4 is 0 Å². The van der Waals surface area contributed by atoms with Crippen LogP contribution in [0.1, 0.15) is 168 Å². The van der Waals surface area contributed by atoms with Crippen LogP contribution in [0.25, 0.3) is 0 Å². The van der Waals surface area contributed by atoms with Crippen LogP contribution in [0.4, 0.5) is 0 Å². The molecule has 0 aromatic heterocycles. The number of phosphoric ester groups is 1. The van der Waals surface area contributed by atoms with Gasteiger partial charge in [-0.15, -0.1) is 0 Å². The lowest BCUT2D eigenvalue weighted by molar-refractivity contribution is -0.870. The molecule has 0 heterocycles. The van der Waals surface area contributed by atoms with Crippen molar-refractivity contribution in [3.63, 3.8) is 0 Å². The first-order valence-electron chi connectivity index (χ1n) is 21.4. The number of nitrogens with zero attached hydrogens (tertiary/aromatic N) is 1. The highest BCUT2D eigenvalue weighted by Gasteiger charge is 2.26. The number of hydrogen-bond acceptors (Lipinski definition) is 7. The molecule has 2 unspecified atom stereocenters. The topological polar surface area (TPSA) is 108 Å². The maximum atomic E-state index is 12.5. The van der Waals surface area contributed by atoms with Crippen LogP contribution in [-0.2, 0) is 32.7 Å². The Hall–Kier alpha value is -2.03. The Morgan fingerprint density at radius 3 is 1.41 bits per heavy atom. The Kier molecular flexibility index (Phi) is 35.2. The van der Waals surface area contributed by atoms with Gasteiger partial charge < -0.3 is 18.9 Å². The van der Waals surface area contributed by atoms with Crippen LogP contribution in [0.15, 0.2) is 48.6 Å². The molecule has 0 saturated carbocycles. The van der Waals surface area contributed by atoms with E-state index in [-0.39, 0.29) is 13.2 Å². The van der Waals surface area contributed by atoms with Gasteiger partial charge in [0.1, 0.15) is 19.8 Å². The van der Waals surface area contributed by atoms with Crippen LogP contribution >= 0.6 is 7.82 Å². The van der Waals surface area contributed by atoms with Crippen LogP contribution in [-0.4, -0.2) is 74.9 Å².